The summed E-state index contributed by atoms with van der Waals surface area (Å²) in [6, 6.07) is 3.69. The van der Waals surface area contributed by atoms with Gasteiger partial charge >= 0.3 is 0 Å². The van der Waals surface area contributed by atoms with Gasteiger partial charge in [-0.15, -0.1) is 0 Å². The number of hydrogen-bond acceptors (Lipinski definition) is 4. The Labute approximate surface area is 81.5 Å². The number of thiazole rings is 1. The lowest BCUT2D eigenvalue weighted by Gasteiger charge is -1.94. The smallest absolute Gasteiger partial charge is 0.181 e. The van der Waals surface area contributed by atoms with Gasteiger partial charge in [-0.25, -0.2) is 4.98 Å². The highest BCUT2D eigenvalue weighted by Gasteiger charge is 2.05. The molecule has 0 bridgehead atoms. The fourth-order valence-corrected chi connectivity index (χ4v) is 2.53. The van der Waals surface area contributed by atoms with Gasteiger partial charge in [0.25, 0.3) is 0 Å². The number of hydrogen-bond donors (Lipinski definition) is 2. The van der Waals surface area contributed by atoms with E-state index in [1.807, 2.05) is 12.1 Å². The van der Waals surface area contributed by atoms with Crippen LogP contribution in [0.3, 0.4) is 0 Å². The van der Waals surface area contributed by atoms with Crippen molar-refractivity contribution >= 4 is 48.3 Å². The zero-order valence-electron chi connectivity index (χ0n) is 6.04. The minimum absolute atomic E-state index is 0.566. The van der Waals surface area contributed by atoms with Crippen molar-refractivity contribution in [2.75, 3.05) is 11.5 Å². The standard InChI is InChI=1S/C7H6BrN3S/c8-4-1-3(9)2-5-6(4)11-7(10)12-5/h1-2H,9H2,(H2,10,11). The van der Waals surface area contributed by atoms with Crippen LogP contribution >= 0.6 is 27.3 Å². The molecule has 0 amide bonds. The summed E-state index contributed by atoms with van der Waals surface area (Å²) in [5, 5.41) is 0.566. The van der Waals surface area contributed by atoms with E-state index < -0.39 is 0 Å². The van der Waals surface area contributed by atoms with Gasteiger partial charge in [-0.05, 0) is 28.1 Å². The third kappa shape index (κ3) is 1.15. The molecular formula is C7H6BrN3S. The van der Waals surface area contributed by atoms with E-state index in [9.17, 15) is 0 Å². The number of rotatable bonds is 0. The summed E-state index contributed by atoms with van der Waals surface area (Å²) in [5.41, 5.74) is 12.8. The first-order valence-corrected chi connectivity index (χ1v) is 4.89. The number of nitrogen functional groups attached to an aromatic ring is 2. The van der Waals surface area contributed by atoms with Crippen LogP contribution in [0, 0.1) is 0 Å². The predicted octanol–water partition coefficient (Wildman–Crippen LogP) is 2.22. The summed E-state index contributed by atoms with van der Waals surface area (Å²) in [4.78, 5) is 4.15. The van der Waals surface area contributed by atoms with Crippen molar-refractivity contribution in [2.45, 2.75) is 0 Å². The normalized spacial score (nSPS) is 10.8. The number of nitrogens with zero attached hydrogens (tertiary/aromatic N) is 1. The van der Waals surface area contributed by atoms with E-state index in [4.69, 9.17) is 11.5 Å². The van der Waals surface area contributed by atoms with Crippen LogP contribution in [0.1, 0.15) is 0 Å². The van der Waals surface area contributed by atoms with Crippen LogP contribution in [0.2, 0.25) is 0 Å². The molecule has 1 aromatic carbocycles. The Morgan fingerprint density at radius 1 is 1.33 bits per heavy atom. The highest BCUT2D eigenvalue weighted by molar-refractivity contribution is 9.10. The van der Waals surface area contributed by atoms with Gasteiger partial charge in [0.1, 0.15) is 0 Å². The van der Waals surface area contributed by atoms with E-state index in [0.717, 1.165) is 20.4 Å². The van der Waals surface area contributed by atoms with Gasteiger partial charge in [-0.3, -0.25) is 0 Å². The molecule has 5 heteroatoms. The molecule has 0 unspecified atom stereocenters. The molecule has 0 radical (unpaired) electrons. The van der Waals surface area contributed by atoms with Crippen molar-refractivity contribution in [3.8, 4) is 0 Å². The molecule has 0 saturated heterocycles. The molecule has 4 N–H and O–H groups in total. The first-order valence-electron chi connectivity index (χ1n) is 3.28. The number of nitrogens with two attached hydrogens (primary N) is 2. The van der Waals surface area contributed by atoms with Crippen molar-refractivity contribution in [1.82, 2.24) is 4.98 Å². The maximum atomic E-state index is 5.64. The lowest BCUT2D eigenvalue weighted by Crippen LogP contribution is -1.84. The summed E-state index contributed by atoms with van der Waals surface area (Å²) in [6.07, 6.45) is 0. The van der Waals surface area contributed by atoms with Crippen LogP contribution in [0.5, 0.6) is 0 Å². The Kier molecular flexibility index (Phi) is 1.69. The van der Waals surface area contributed by atoms with Crippen molar-refractivity contribution in [1.29, 1.82) is 0 Å². The third-order valence-corrected chi connectivity index (χ3v) is 2.92. The second kappa shape index (κ2) is 2.60. The monoisotopic (exact) mass is 243 g/mol. The highest BCUT2D eigenvalue weighted by Crippen LogP contribution is 2.31. The Bertz CT molecular complexity index is 437. The van der Waals surface area contributed by atoms with Crippen LogP contribution in [0.15, 0.2) is 16.6 Å². The zero-order valence-corrected chi connectivity index (χ0v) is 8.45. The second-order valence-electron chi connectivity index (χ2n) is 2.40. The van der Waals surface area contributed by atoms with Crippen molar-refractivity contribution < 1.29 is 0 Å². The Hall–Kier alpha value is -0.810. The number of fused-ring (bicyclic) bond motifs is 1. The molecule has 0 saturated carbocycles. The average molecular weight is 244 g/mol. The summed E-state index contributed by atoms with van der Waals surface area (Å²) in [7, 11) is 0. The molecule has 0 fully saturated rings. The number of anilines is 2. The first-order chi connectivity index (χ1) is 5.66. The van der Waals surface area contributed by atoms with Crippen LogP contribution in [-0.2, 0) is 0 Å². The summed E-state index contributed by atoms with van der Waals surface area (Å²) in [5.74, 6) is 0. The molecule has 0 aliphatic heterocycles. The number of halogens is 1. The SMILES string of the molecule is Nc1cc(Br)c2nc(N)sc2c1. The van der Waals surface area contributed by atoms with Crippen LogP contribution < -0.4 is 11.5 Å². The topological polar surface area (TPSA) is 64.9 Å². The molecular weight excluding hydrogens is 238 g/mol. The molecule has 62 valence electrons. The van der Waals surface area contributed by atoms with Crippen molar-refractivity contribution in [3.63, 3.8) is 0 Å². The summed E-state index contributed by atoms with van der Waals surface area (Å²) in [6.45, 7) is 0. The van der Waals surface area contributed by atoms with Gasteiger partial charge in [-0.1, -0.05) is 11.3 Å². The molecule has 0 spiro atoms. The maximum Gasteiger partial charge on any atom is 0.181 e. The van der Waals surface area contributed by atoms with E-state index in [2.05, 4.69) is 20.9 Å². The first kappa shape index (κ1) is 7.82. The highest BCUT2D eigenvalue weighted by atomic mass is 79.9. The molecule has 0 atom stereocenters. The van der Waals surface area contributed by atoms with Gasteiger partial charge in [-0.2, -0.15) is 0 Å². The fourth-order valence-electron chi connectivity index (χ4n) is 1.03. The van der Waals surface area contributed by atoms with Crippen molar-refractivity contribution in [3.05, 3.63) is 16.6 Å². The number of benzene rings is 1. The number of aromatic nitrogens is 1. The molecule has 0 aliphatic rings. The predicted molar refractivity (Wildman–Crippen MR) is 56.1 cm³/mol. The Balaban J connectivity index is 2.88. The average Bonchev–Trinajstić information content (AvgIpc) is 2.29. The molecule has 2 rings (SSSR count). The lowest BCUT2D eigenvalue weighted by atomic mass is 10.3. The fraction of sp³-hybridized carbons (Fsp3) is 0. The molecule has 1 aromatic heterocycles. The molecule has 3 nitrogen and oxygen atoms in total. The van der Waals surface area contributed by atoms with E-state index in [1.165, 1.54) is 11.3 Å². The molecule has 2 aromatic rings. The van der Waals surface area contributed by atoms with Gasteiger partial charge < -0.3 is 11.5 Å². The van der Waals surface area contributed by atoms with E-state index in [0.29, 0.717) is 5.13 Å². The Morgan fingerprint density at radius 2 is 2.08 bits per heavy atom. The second-order valence-corrected chi connectivity index (χ2v) is 4.32. The van der Waals surface area contributed by atoms with E-state index in [-0.39, 0.29) is 0 Å². The quantitative estimate of drug-likeness (QED) is 0.698. The largest absolute Gasteiger partial charge is 0.399 e. The molecule has 0 aliphatic carbocycles. The van der Waals surface area contributed by atoms with E-state index in [1.54, 1.807) is 0 Å². The van der Waals surface area contributed by atoms with E-state index >= 15 is 0 Å². The summed E-state index contributed by atoms with van der Waals surface area (Å²) < 4.78 is 1.91. The Morgan fingerprint density at radius 3 is 2.83 bits per heavy atom. The zero-order chi connectivity index (χ0) is 8.72. The van der Waals surface area contributed by atoms with Gasteiger partial charge in [0.05, 0.1) is 10.2 Å². The third-order valence-electron chi connectivity index (χ3n) is 1.49. The lowest BCUT2D eigenvalue weighted by molar-refractivity contribution is 1.48. The summed E-state index contributed by atoms with van der Waals surface area (Å²) >= 11 is 4.81. The van der Waals surface area contributed by atoms with Crippen LogP contribution in [0.4, 0.5) is 10.8 Å². The van der Waals surface area contributed by atoms with Crippen LogP contribution in [-0.4, -0.2) is 4.98 Å². The van der Waals surface area contributed by atoms with Crippen molar-refractivity contribution in [2.24, 2.45) is 0 Å². The van der Waals surface area contributed by atoms with Gasteiger partial charge in [0, 0.05) is 10.2 Å². The maximum absolute atomic E-state index is 5.64. The minimum atomic E-state index is 0.566. The minimum Gasteiger partial charge on any atom is -0.399 e. The van der Waals surface area contributed by atoms with Gasteiger partial charge in [0.15, 0.2) is 5.13 Å². The van der Waals surface area contributed by atoms with Gasteiger partial charge in [0.2, 0.25) is 0 Å². The molecule has 12 heavy (non-hydrogen) atoms. The molecule has 1 heterocycles. The van der Waals surface area contributed by atoms with Crippen LogP contribution in [0.25, 0.3) is 10.2 Å².